The lowest BCUT2D eigenvalue weighted by Gasteiger charge is -2.18. The molecule has 0 saturated heterocycles. The van der Waals surface area contributed by atoms with Crippen molar-refractivity contribution in [2.24, 2.45) is 5.73 Å². The van der Waals surface area contributed by atoms with Gasteiger partial charge in [0.25, 0.3) is 5.91 Å². The summed E-state index contributed by atoms with van der Waals surface area (Å²) in [7, 11) is 1.57. The molecule has 1 aromatic carbocycles. The molecular formula is C12H19ClN2O2. The van der Waals surface area contributed by atoms with Crippen LogP contribution in [0.25, 0.3) is 0 Å². The number of carbonyl (C=O) groups is 1. The molecule has 1 rings (SSSR count). The summed E-state index contributed by atoms with van der Waals surface area (Å²) in [5.74, 6) is 0.525. The van der Waals surface area contributed by atoms with Gasteiger partial charge in [-0.3, -0.25) is 4.79 Å². The molecule has 4 nitrogen and oxygen atoms in total. The van der Waals surface area contributed by atoms with Crippen molar-refractivity contribution in [1.29, 1.82) is 0 Å². The highest BCUT2D eigenvalue weighted by molar-refractivity contribution is 5.94. The van der Waals surface area contributed by atoms with Gasteiger partial charge < -0.3 is 15.8 Å². The van der Waals surface area contributed by atoms with Gasteiger partial charge in [0.2, 0.25) is 0 Å². The molecule has 0 saturated carbocycles. The van der Waals surface area contributed by atoms with E-state index in [4.69, 9.17) is 10.5 Å². The van der Waals surface area contributed by atoms with Gasteiger partial charge in [0.1, 0.15) is 5.75 Å². The Hall–Kier alpha value is -1.26. The van der Waals surface area contributed by atoms with E-state index in [0.717, 1.165) is 0 Å². The number of hydrogen-bond donors (Lipinski definition) is 2. The summed E-state index contributed by atoms with van der Waals surface area (Å²) in [4.78, 5) is 11.7. The van der Waals surface area contributed by atoms with Crippen LogP contribution < -0.4 is 15.8 Å². The topological polar surface area (TPSA) is 64.3 Å². The van der Waals surface area contributed by atoms with Crippen LogP contribution in [0.5, 0.6) is 5.75 Å². The van der Waals surface area contributed by atoms with E-state index in [0.29, 0.717) is 17.9 Å². The SMILES string of the molecule is COc1cccc(C(=O)NCC(C)(C)N)c1.Cl. The van der Waals surface area contributed by atoms with Gasteiger partial charge in [-0.1, -0.05) is 6.07 Å². The van der Waals surface area contributed by atoms with Crippen molar-refractivity contribution in [2.75, 3.05) is 13.7 Å². The molecule has 1 amide bonds. The summed E-state index contributed by atoms with van der Waals surface area (Å²) in [6, 6.07) is 7.01. The molecule has 0 aliphatic carbocycles. The Kier molecular flexibility index (Phi) is 5.99. The van der Waals surface area contributed by atoms with Crippen molar-refractivity contribution in [2.45, 2.75) is 19.4 Å². The van der Waals surface area contributed by atoms with Crippen molar-refractivity contribution in [3.63, 3.8) is 0 Å². The first kappa shape index (κ1) is 15.7. The van der Waals surface area contributed by atoms with Crippen molar-refractivity contribution >= 4 is 18.3 Å². The number of nitrogens with two attached hydrogens (primary N) is 1. The van der Waals surface area contributed by atoms with Crippen LogP contribution in [0.1, 0.15) is 24.2 Å². The first-order chi connectivity index (χ1) is 7.42. The van der Waals surface area contributed by atoms with Gasteiger partial charge in [0, 0.05) is 17.6 Å². The first-order valence-electron chi connectivity index (χ1n) is 5.13. The fraction of sp³-hybridized carbons (Fsp3) is 0.417. The summed E-state index contributed by atoms with van der Waals surface area (Å²) >= 11 is 0. The Balaban J connectivity index is 0.00000256. The van der Waals surface area contributed by atoms with Gasteiger partial charge in [-0.15, -0.1) is 12.4 Å². The van der Waals surface area contributed by atoms with Crippen LogP contribution >= 0.6 is 12.4 Å². The molecule has 1 aromatic rings. The molecular weight excluding hydrogens is 240 g/mol. The summed E-state index contributed by atoms with van der Waals surface area (Å²) in [6.45, 7) is 4.15. The van der Waals surface area contributed by atoms with Crippen LogP contribution in [-0.2, 0) is 0 Å². The molecule has 0 unspecified atom stereocenters. The third-order valence-electron chi connectivity index (χ3n) is 2.04. The second-order valence-electron chi connectivity index (χ2n) is 4.40. The maximum absolute atomic E-state index is 11.7. The third-order valence-corrected chi connectivity index (χ3v) is 2.04. The molecule has 0 atom stereocenters. The molecule has 0 fully saturated rings. The number of carbonyl (C=O) groups excluding carboxylic acids is 1. The first-order valence-corrected chi connectivity index (χ1v) is 5.13. The maximum Gasteiger partial charge on any atom is 0.251 e. The number of methoxy groups -OCH3 is 1. The molecule has 5 heteroatoms. The van der Waals surface area contributed by atoms with Crippen LogP contribution in [0, 0.1) is 0 Å². The van der Waals surface area contributed by atoms with Gasteiger partial charge in [-0.05, 0) is 32.0 Å². The van der Waals surface area contributed by atoms with Crippen LogP contribution in [0.2, 0.25) is 0 Å². The zero-order valence-corrected chi connectivity index (χ0v) is 11.1. The predicted octanol–water partition coefficient (Wildman–Crippen LogP) is 1.58. The molecule has 0 aromatic heterocycles. The van der Waals surface area contributed by atoms with E-state index in [1.54, 1.807) is 31.4 Å². The quantitative estimate of drug-likeness (QED) is 0.862. The molecule has 3 N–H and O–H groups in total. The summed E-state index contributed by atoms with van der Waals surface area (Å²) in [6.07, 6.45) is 0. The van der Waals surface area contributed by atoms with E-state index in [1.807, 2.05) is 13.8 Å². The summed E-state index contributed by atoms with van der Waals surface area (Å²) in [5.41, 5.74) is 5.94. The van der Waals surface area contributed by atoms with Crippen LogP contribution in [0.4, 0.5) is 0 Å². The molecule has 0 aliphatic rings. The largest absolute Gasteiger partial charge is 0.497 e. The average Bonchev–Trinajstić information content (AvgIpc) is 2.25. The number of amides is 1. The molecule has 96 valence electrons. The molecule has 0 radical (unpaired) electrons. The standard InChI is InChI=1S/C12H18N2O2.ClH/c1-12(2,13)8-14-11(15)9-5-4-6-10(7-9)16-3;/h4-7H,8,13H2,1-3H3,(H,14,15);1H. The minimum Gasteiger partial charge on any atom is -0.497 e. The fourth-order valence-electron chi connectivity index (χ4n) is 1.17. The smallest absolute Gasteiger partial charge is 0.251 e. The lowest BCUT2D eigenvalue weighted by molar-refractivity contribution is 0.0945. The van der Waals surface area contributed by atoms with Gasteiger partial charge in [-0.25, -0.2) is 0 Å². The second-order valence-corrected chi connectivity index (χ2v) is 4.40. The van der Waals surface area contributed by atoms with Crippen molar-refractivity contribution in [1.82, 2.24) is 5.32 Å². The monoisotopic (exact) mass is 258 g/mol. The molecule has 0 aliphatic heterocycles. The highest BCUT2D eigenvalue weighted by atomic mass is 35.5. The molecule has 17 heavy (non-hydrogen) atoms. The molecule has 0 spiro atoms. The summed E-state index contributed by atoms with van der Waals surface area (Å²) < 4.78 is 5.05. The predicted molar refractivity (Wildman–Crippen MR) is 70.8 cm³/mol. The maximum atomic E-state index is 11.7. The Bertz CT molecular complexity index is 375. The number of halogens is 1. The Morgan fingerprint density at radius 1 is 1.47 bits per heavy atom. The van der Waals surface area contributed by atoms with E-state index in [1.165, 1.54) is 0 Å². The minimum absolute atomic E-state index is 0. The normalized spacial score (nSPS) is 10.4. The molecule has 0 bridgehead atoms. The van der Waals surface area contributed by atoms with E-state index in [2.05, 4.69) is 5.32 Å². The lowest BCUT2D eigenvalue weighted by Crippen LogP contribution is -2.45. The van der Waals surface area contributed by atoms with Gasteiger partial charge in [0.05, 0.1) is 7.11 Å². The van der Waals surface area contributed by atoms with E-state index >= 15 is 0 Å². The Morgan fingerprint density at radius 2 is 2.12 bits per heavy atom. The average molecular weight is 259 g/mol. The van der Waals surface area contributed by atoms with Crippen LogP contribution in [0.15, 0.2) is 24.3 Å². The zero-order valence-electron chi connectivity index (χ0n) is 10.3. The van der Waals surface area contributed by atoms with Gasteiger partial charge in [0.15, 0.2) is 0 Å². The number of nitrogens with one attached hydrogen (secondary N) is 1. The Labute approximate surface area is 108 Å². The van der Waals surface area contributed by atoms with E-state index in [9.17, 15) is 4.79 Å². The van der Waals surface area contributed by atoms with Crippen molar-refractivity contribution in [3.05, 3.63) is 29.8 Å². The zero-order chi connectivity index (χ0) is 12.2. The second kappa shape index (κ2) is 6.47. The molecule has 0 heterocycles. The number of ether oxygens (including phenoxy) is 1. The van der Waals surface area contributed by atoms with E-state index < -0.39 is 5.54 Å². The number of hydrogen-bond acceptors (Lipinski definition) is 3. The van der Waals surface area contributed by atoms with Crippen molar-refractivity contribution < 1.29 is 9.53 Å². The fourth-order valence-corrected chi connectivity index (χ4v) is 1.17. The lowest BCUT2D eigenvalue weighted by atomic mass is 10.1. The van der Waals surface area contributed by atoms with Gasteiger partial charge in [-0.2, -0.15) is 0 Å². The van der Waals surface area contributed by atoms with Crippen LogP contribution in [0.3, 0.4) is 0 Å². The third kappa shape index (κ3) is 5.56. The number of rotatable bonds is 4. The summed E-state index contributed by atoms with van der Waals surface area (Å²) in [5, 5.41) is 2.77. The highest BCUT2D eigenvalue weighted by Crippen LogP contribution is 2.12. The van der Waals surface area contributed by atoms with Crippen molar-refractivity contribution in [3.8, 4) is 5.75 Å². The highest BCUT2D eigenvalue weighted by Gasteiger charge is 2.13. The number of benzene rings is 1. The van der Waals surface area contributed by atoms with Gasteiger partial charge >= 0.3 is 0 Å². The van der Waals surface area contributed by atoms with Crippen LogP contribution in [-0.4, -0.2) is 25.1 Å². The Morgan fingerprint density at radius 3 is 2.65 bits per heavy atom. The van der Waals surface area contributed by atoms with E-state index in [-0.39, 0.29) is 18.3 Å². The minimum atomic E-state index is -0.408.